The summed E-state index contributed by atoms with van der Waals surface area (Å²) in [5.41, 5.74) is 0.914. The molecule has 1 rings (SSSR count). The third kappa shape index (κ3) is 4.82. The van der Waals surface area contributed by atoms with Gasteiger partial charge in [-0.3, -0.25) is 4.98 Å². The maximum absolute atomic E-state index is 5.29. The summed E-state index contributed by atoms with van der Waals surface area (Å²) in [6, 6.07) is 0.213. The van der Waals surface area contributed by atoms with Crippen molar-refractivity contribution >= 4 is 11.8 Å². The fraction of sp³-hybridized carbons (Fsp3) is 0.692. The number of nitrogens with zero attached hydrogens (tertiary/aromatic N) is 2. The van der Waals surface area contributed by atoms with Crippen molar-refractivity contribution in [1.29, 1.82) is 0 Å². The Morgan fingerprint density at radius 2 is 2.06 bits per heavy atom. The molecule has 0 spiro atoms. The first-order valence-corrected chi connectivity index (χ1v) is 7.64. The molecule has 0 aliphatic carbocycles. The van der Waals surface area contributed by atoms with Gasteiger partial charge in [-0.25, -0.2) is 4.98 Å². The molecule has 1 heterocycles. The molecule has 18 heavy (non-hydrogen) atoms. The Labute approximate surface area is 114 Å². The number of thioether (sulfide) groups is 1. The molecule has 0 aliphatic rings. The van der Waals surface area contributed by atoms with Crippen LogP contribution >= 0.6 is 11.8 Å². The molecule has 1 unspecified atom stereocenters. The third-order valence-corrected chi connectivity index (χ3v) is 3.75. The lowest BCUT2D eigenvalue weighted by molar-refractivity contribution is 0.380. The molecular weight excluding hydrogens is 246 g/mol. The zero-order valence-electron chi connectivity index (χ0n) is 11.5. The summed E-state index contributed by atoms with van der Waals surface area (Å²) in [6.45, 7) is 5.35. The summed E-state index contributed by atoms with van der Waals surface area (Å²) in [6.07, 6.45) is 5.70. The van der Waals surface area contributed by atoms with Crippen LogP contribution in [0.25, 0.3) is 0 Å². The Morgan fingerprint density at radius 1 is 1.28 bits per heavy atom. The number of rotatable bonds is 9. The molecule has 0 aromatic carbocycles. The summed E-state index contributed by atoms with van der Waals surface area (Å²) in [7, 11) is 1.64. The van der Waals surface area contributed by atoms with E-state index < -0.39 is 0 Å². The summed E-state index contributed by atoms with van der Waals surface area (Å²) >= 11 is 1.94. The van der Waals surface area contributed by atoms with Crippen molar-refractivity contribution in [2.75, 3.05) is 25.2 Å². The summed E-state index contributed by atoms with van der Waals surface area (Å²) in [4.78, 5) is 8.64. The molecular formula is C13H23N3OS. The highest BCUT2D eigenvalue weighted by molar-refractivity contribution is 7.99. The van der Waals surface area contributed by atoms with Crippen LogP contribution in [0, 0.1) is 0 Å². The van der Waals surface area contributed by atoms with E-state index in [1.807, 2.05) is 11.8 Å². The van der Waals surface area contributed by atoms with Crippen LogP contribution in [-0.2, 0) is 0 Å². The van der Waals surface area contributed by atoms with E-state index in [4.69, 9.17) is 4.74 Å². The van der Waals surface area contributed by atoms with Gasteiger partial charge in [0, 0.05) is 18.1 Å². The molecule has 4 nitrogen and oxygen atoms in total. The number of aromatic nitrogens is 2. The minimum Gasteiger partial charge on any atom is -0.480 e. The molecule has 1 aromatic rings. The molecule has 1 N–H and O–H groups in total. The fourth-order valence-electron chi connectivity index (χ4n) is 1.63. The van der Waals surface area contributed by atoms with Crippen molar-refractivity contribution in [3.05, 3.63) is 18.1 Å². The van der Waals surface area contributed by atoms with Crippen LogP contribution in [0.2, 0.25) is 0 Å². The van der Waals surface area contributed by atoms with Gasteiger partial charge in [-0.15, -0.1) is 0 Å². The van der Waals surface area contributed by atoms with E-state index in [0.29, 0.717) is 5.88 Å². The second-order valence-electron chi connectivity index (χ2n) is 4.03. The number of methoxy groups -OCH3 is 1. The van der Waals surface area contributed by atoms with Gasteiger partial charge in [0.05, 0.1) is 13.2 Å². The fourth-order valence-corrected chi connectivity index (χ4v) is 2.60. The number of hydrogen-bond acceptors (Lipinski definition) is 5. The highest BCUT2D eigenvalue weighted by Crippen LogP contribution is 2.23. The molecule has 0 amide bonds. The third-order valence-electron chi connectivity index (χ3n) is 2.49. The number of nitrogens with one attached hydrogen (secondary N) is 1. The zero-order chi connectivity index (χ0) is 13.2. The van der Waals surface area contributed by atoms with Gasteiger partial charge in [0.15, 0.2) is 0 Å². The van der Waals surface area contributed by atoms with E-state index in [1.165, 1.54) is 12.2 Å². The predicted octanol–water partition coefficient (Wildman–Crippen LogP) is 2.67. The Hall–Kier alpha value is -0.810. The second-order valence-corrected chi connectivity index (χ2v) is 5.18. The normalized spacial score (nSPS) is 12.4. The lowest BCUT2D eigenvalue weighted by Crippen LogP contribution is -2.26. The first kappa shape index (κ1) is 15.2. The van der Waals surface area contributed by atoms with Gasteiger partial charge in [0.2, 0.25) is 5.88 Å². The molecule has 5 heteroatoms. The first-order valence-electron chi connectivity index (χ1n) is 6.49. The SMILES string of the molecule is CCCNC(CSCCC)c1nccnc1OC. The molecule has 1 aromatic heterocycles. The number of hydrogen-bond donors (Lipinski definition) is 1. The summed E-state index contributed by atoms with van der Waals surface area (Å²) < 4.78 is 5.29. The zero-order valence-corrected chi connectivity index (χ0v) is 12.3. The van der Waals surface area contributed by atoms with E-state index in [0.717, 1.165) is 24.4 Å². The van der Waals surface area contributed by atoms with Gasteiger partial charge in [0.25, 0.3) is 0 Å². The quantitative estimate of drug-likeness (QED) is 0.698. The lowest BCUT2D eigenvalue weighted by Gasteiger charge is -2.18. The Kier molecular flexibility index (Phi) is 7.76. The molecule has 0 radical (unpaired) electrons. The van der Waals surface area contributed by atoms with Crippen molar-refractivity contribution in [2.45, 2.75) is 32.7 Å². The van der Waals surface area contributed by atoms with E-state index in [9.17, 15) is 0 Å². The maximum Gasteiger partial charge on any atom is 0.237 e. The second kappa shape index (κ2) is 9.16. The Morgan fingerprint density at radius 3 is 2.72 bits per heavy atom. The van der Waals surface area contributed by atoms with Crippen LogP contribution in [0.1, 0.15) is 38.4 Å². The molecule has 0 fully saturated rings. The average molecular weight is 269 g/mol. The minimum atomic E-state index is 0.213. The van der Waals surface area contributed by atoms with E-state index in [-0.39, 0.29) is 6.04 Å². The van der Waals surface area contributed by atoms with Crippen molar-refractivity contribution < 1.29 is 4.74 Å². The van der Waals surface area contributed by atoms with Crippen molar-refractivity contribution in [3.63, 3.8) is 0 Å². The van der Waals surface area contributed by atoms with Gasteiger partial charge < -0.3 is 10.1 Å². The summed E-state index contributed by atoms with van der Waals surface area (Å²) in [5, 5.41) is 3.52. The van der Waals surface area contributed by atoms with Crippen LogP contribution in [0.5, 0.6) is 5.88 Å². The molecule has 0 saturated heterocycles. The van der Waals surface area contributed by atoms with Crippen molar-refractivity contribution in [3.8, 4) is 5.88 Å². The topological polar surface area (TPSA) is 47.0 Å². The lowest BCUT2D eigenvalue weighted by atomic mass is 10.2. The molecule has 0 bridgehead atoms. The van der Waals surface area contributed by atoms with Crippen LogP contribution in [0.3, 0.4) is 0 Å². The first-order chi connectivity index (χ1) is 8.83. The van der Waals surface area contributed by atoms with E-state index in [2.05, 4.69) is 29.1 Å². The molecule has 0 saturated carbocycles. The summed E-state index contributed by atoms with van der Waals surface area (Å²) in [5.74, 6) is 2.80. The average Bonchev–Trinajstić information content (AvgIpc) is 2.42. The van der Waals surface area contributed by atoms with Gasteiger partial charge in [0.1, 0.15) is 5.69 Å². The molecule has 102 valence electrons. The minimum absolute atomic E-state index is 0.213. The molecule has 0 aliphatic heterocycles. The van der Waals surface area contributed by atoms with Crippen LogP contribution < -0.4 is 10.1 Å². The maximum atomic E-state index is 5.29. The largest absolute Gasteiger partial charge is 0.480 e. The predicted molar refractivity (Wildman–Crippen MR) is 77.2 cm³/mol. The molecule has 1 atom stereocenters. The Balaban J connectivity index is 2.72. The standard InChI is InChI=1S/C13H23N3OS/c1-4-6-14-11(10-18-9-5-2)12-13(17-3)16-8-7-15-12/h7-8,11,14H,4-6,9-10H2,1-3H3. The highest BCUT2D eigenvalue weighted by atomic mass is 32.2. The van der Waals surface area contributed by atoms with Gasteiger partial charge >= 0.3 is 0 Å². The van der Waals surface area contributed by atoms with Crippen LogP contribution in [0.15, 0.2) is 12.4 Å². The van der Waals surface area contributed by atoms with Crippen molar-refractivity contribution in [1.82, 2.24) is 15.3 Å². The van der Waals surface area contributed by atoms with Crippen molar-refractivity contribution in [2.24, 2.45) is 0 Å². The highest BCUT2D eigenvalue weighted by Gasteiger charge is 2.17. The Bertz CT molecular complexity index is 336. The van der Waals surface area contributed by atoms with Crippen LogP contribution in [0.4, 0.5) is 0 Å². The van der Waals surface area contributed by atoms with Gasteiger partial charge in [-0.1, -0.05) is 13.8 Å². The smallest absolute Gasteiger partial charge is 0.237 e. The van der Waals surface area contributed by atoms with E-state index in [1.54, 1.807) is 19.5 Å². The number of ether oxygens (including phenoxy) is 1. The van der Waals surface area contributed by atoms with E-state index >= 15 is 0 Å². The van der Waals surface area contributed by atoms with Gasteiger partial charge in [-0.05, 0) is 25.1 Å². The van der Waals surface area contributed by atoms with Crippen LogP contribution in [-0.4, -0.2) is 35.1 Å². The monoisotopic (exact) mass is 269 g/mol. The van der Waals surface area contributed by atoms with Gasteiger partial charge in [-0.2, -0.15) is 11.8 Å².